The molecule has 3 aromatic heterocycles. The van der Waals surface area contributed by atoms with E-state index in [0.29, 0.717) is 10.1 Å². The Morgan fingerprint density at radius 2 is 1.93 bits per heavy atom. The summed E-state index contributed by atoms with van der Waals surface area (Å²) in [6, 6.07) is 13.8. The molecular formula is C19H15N5OS2. The number of carbonyl (C=O) groups is 1. The molecule has 0 saturated heterocycles. The summed E-state index contributed by atoms with van der Waals surface area (Å²) in [4.78, 5) is 21.1. The molecule has 134 valence electrons. The van der Waals surface area contributed by atoms with E-state index >= 15 is 0 Å². The first-order valence-electron chi connectivity index (χ1n) is 8.23. The van der Waals surface area contributed by atoms with Crippen molar-refractivity contribution >= 4 is 33.7 Å². The number of aromatic nitrogens is 4. The molecule has 3 heterocycles. The van der Waals surface area contributed by atoms with Crippen LogP contribution in [0.3, 0.4) is 0 Å². The lowest BCUT2D eigenvalue weighted by atomic mass is 10.2. The van der Waals surface area contributed by atoms with Gasteiger partial charge in [-0.25, -0.2) is 4.98 Å². The maximum atomic E-state index is 12.3. The highest BCUT2D eigenvalue weighted by Crippen LogP contribution is 2.26. The smallest absolute Gasteiger partial charge is 0.232 e. The summed E-state index contributed by atoms with van der Waals surface area (Å²) in [7, 11) is 0. The van der Waals surface area contributed by atoms with Crippen LogP contribution in [0.5, 0.6) is 0 Å². The maximum Gasteiger partial charge on any atom is 0.232 e. The molecule has 0 radical (unpaired) electrons. The van der Waals surface area contributed by atoms with Crippen molar-refractivity contribution < 1.29 is 4.79 Å². The number of hydrogen-bond donors (Lipinski definition) is 1. The highest BCUT2D eigenvalue weighted by molar-refractivity contribution is 7.18. The Kier molecular flexibility index (Phi) is 4.99. The SMILES string of the molecule is Cc1ccc(-c2nc(CC(=O)Nc3nnc(-c4ccccn4)s3)cs2)cc1. The van der Waals surface area contributed by atoms with E-state index in [0.717, 1.165) is 22.0 Å². The Labute approximate surface area is 164 Å². The molecule has 0 aliphatic rings. The van der Waals surface area contributed by atoms with E-state index in [-0.39, 0.29) is 12.3 Å². The van der Waals surface area contributed by atoms with E-state index in [1.165, 1.54) is 28.2 Å². The average Bonchev–Trinajstić information content (AvgIpc) is 3.33. The highest BCUT2D eigenvalue weighted by Gasteiger charge is 2.13. The van der Waals surface area contributed by atoms with Crippen LogP contribution in [-0.2, 0) is 11.2 Å². The van der Waals surface area contributed by atoms with Crippen LogP contribution in [-0.4, -0.2) is 26.1 Å². The van der Waals surface area contributed by atoms with Gasteiger partial charge in [0.2, 0.25) is 11.0 Å². The Balaban J connectivity index is 1.40. The number of hydrogen-bond acceptors (Lipinski definition) is 7. The number of rotatable bonds is 5. The third-order valence-electron chi connectivity index (χ3n) is 3.75. The molecule has 4 rings (SSSR count). The van der Waals surface area contributed by atoms with E-state index in [4.69, 9.17) is 0 Å². The lowest BCUT2D eigenvalue weighted by molar-refractivity contribution is -0.115. The summed E-state index contributed by atoms with van der Waals surface area (Å²) in [5.74, 6) is -0.167. The quantitative estimate of drug-likeness (QED) is 0.549. The van der Waals surface area contributed by atoms with Crippen molar-refractivity contribution in [1.82, 2.24) is 20.2 Å². The Bertz CT molecular complexity index is 1060. The van der Waals surface area contributed by atoms with Crippen molar-refractivity contribution in [2.75, 3.05) is 5.32 Å². The molecule has 0 aliphatic carbocycles. The summed E-state index contributed by atoms with van der Waals surface area (Å²) in [6.45, 7) is 2.05. The first-order valence-corrected chi connectivity index (χ1v) is 9.93. The average molecular weight is 393 g/mol. The van der Waals surface area contributed by atoms with Gasteiger partial charge in [0.05, 0.1) is 12.1 Å². The van der Waals surface area contributed by atoms with Crippen LogP contribution in [0.25, 0.3) is 21.3 Å². The van der Waals surface area contributed by atoms with Gasteiger partial charge in [-0.2, -0.15) is 0 Å². The second kappa shape index (κ2) is 7.73. The molecular weight excluding hydrogens is 378 g/mol. The molecule has 0 bridgehead atoms. The Morgan fingerprint density at radius 1 is 1.07 bits per heavy atom. The van der Waals surface area contributed by atoms with Crippen molar-refractivity contribution in [3.63, 3.8) is 0 Å². The summed E-state index contributed by atoms with van der Waals surface area (Å²) in [6.07, 6.45) is 1.89. The summed E-state index contributed by atoms with van der Waals surface area (Å²) < 4.78 is 0. The number of anilines is 1. The highest BCUT2D eigenvalue weighted by atomic mass is 32.1. The van der Waals surface area contributed by atoms with Crippen LogP contribution in [0.2, 0.25) is 0 Å². The van der Waals surface area contributed by atoms with Gasteiger partial charge in [-0.1, -0.05) is 47.2 Å². The molecule has 6 nitrogen and oxygen atoms in total. The minimum Gasteiger partial charge on any atom is -0.300 e. The Morgan fingerprint density at radius 3 is 2.70 bits per heavy atom. The molecule has 0 spiro atoms. The van der Waals surface area contributed by atoms with Crippen LogP contribution in [0.15, 0.2) is 54.0 Å². The monoisotopic (exact) mass is 393 g/mol. The predicted octanol–water partition coefficient (Wildman–Crippen LogP) is 4.21. The fourth-order valence-electron chi connectivity index (χ4n) is 2.41. The fraction of sp³-hybridized carbons (Fsp3) is 0.105. The zero-order chi connectivity index (χ0) is 18.6. The second-order valence-corrected chi connectivity index (χ2v) is 7.70. The van der Waals surface area contributed by atoms with Crippen LogP contribution in [0, 0.1) is 6.92 Å². The number of thiazole rings is 1. The number of amides is 1. The molecule has 0 atom stereocenters. The molecule has 8 heteroatoms. The fourth-order valence-corrected chi connectivity index (χ4v) is 3.97. The van der Waals surface area contributed by atoms with Crippen molar-refractivity contribution in [2.24, 2.45) is 0 Å². The molecule has 0 aliphatic heterocycles. The minimum atomic E-state index is -0.167. The largest absolute Gasteiger partial charge is 0.300 e. The van der Waals surface area contributed by atoms with Gasteiger partial charge in [-0.05, 0) is 19.1 Å². The predicted molar refractivity (Wildman–Crippen MR) is 108 cm³/mol. The van der Waals surface area contributed by atoms with Gasteiger partial charge in [-0.15, -0.1) is 21.5 Å². The van der Waals surface area contributed by atoms with Gasteiger partial charge in [0, 0.05) is 17.1 Å². The van der Waals surface area contributed by atoms with E-state index in [1.807, 2.05) is 42.6 Å². The summed E-state index contributed by atoms with van der Waals surface area (Å²) in [5, 5.41) is 14.8. The second-order valence-electron chi connectivity index (χ2n) is 5.86. The lowest BCUT2D eigenvalue weighted by Gasteiger charge is -1.99. The van der Waals surface area contributed by atoms with Crippen LogP contribution < -0.4 is 5.32 Å². The van der Waals surface area contributed by atoms with Crippen molar-refractivity contribution in [3.8, 4) is 21.3 Å². The van der Waals surface area contributed by atoms with Gasteiger partial charge < -0.3 is 5.32 Å². The standard InChI is InChI=1S/C19H15N5OS2/c1-12-5-7-13(8-6-12)17-21-14(11-26-17)10-16(25)22-19-24-23-18(27-19)15-4-2-3-9-20-15/h2-9,11H,10H2,1H3,(H,22,24,25). The number of carbonyl (C=O) groups excluding carboxylic acids is 1. The van der Waals surface area contributed by atoms with Crippen molar-refractivity contribution in [3.05, 3.63) is 65.3 Å². The van der Waals surface area contributed by atoms with Crippen LogP contribution in [0.4, 0.5) is 5.13 Å². The molecule has 1 aromatic carbocycles. The first kappa shape index (κ1) is 17.4. The van der Waals surface area contributed by atoms with Crippen LogP contribution >= 0.6 is 22.7 Å². The van der Waals surface area contributed by atoms with E-state index in [1.54, 1.807) is 6.20 Å². The van der Waals surface area contributed by atoms with Gasteiger partial charge in [0.15, 0.2) is 5.01 Å². The topological polar surface area (TPSA) is 80.7 Å². The van der Waals surface area contributed by atoms with Gasteiger partial charge in [0.25, 0.3) is 0 Å². The number of aryl methyl sites for hydroxylation is 1. The molecule has 0 fully saturated rings. The van der Waals surface area contributed by atoms with Gasteiger partial charge in [-0.3, -0.25) is 9.78 Å². The third-order valence-corrected chi connectivity index (χ3v) is 5.55. The molecule has 0 saturated carbocycles. The first-order chi connectivity index (χ1) is 13.2. The van der Waals surface area contributed by atoms with E-state index in [9.17, 15) is 4.79 Å². The molecule has 1 N–H and O–H groups in total. The number of nitrogens with one attached hydrogen (secondary N) is 1. The zero-order valence-corrected chi connectivity index (χ0v) is 16.0. The zero-order valence-electron chi connectivity index (χ0n) is 14.4. The number of benzene rings is 1. The van der Waals surface area contributed by atoms with Gasteiger partial charge >= 0.3 is 0 Å². The molecule has 27 heavy (non-hydrogen) atoms. The number of pyridine rings is 1. The normalized spacial score (nSPS) is 10.7. The van der Waals surface area contributed by atoms with Crippen LogP contribution in [0.1, 0.15) is 11.3 Å². The van der Waals surface area contributed by atoms with E-state index in [2.05, 4.69) is 37.6 Å². The molecule has 1 amide bonds. The summed E-state index contributed by atoms with van der Waals surface area (Å²) >= 11 is 2.83. The van der Waals surface area contributed by atoms with Gasteiger partial charge in [0.1, 0.15) is 10.7 Å². The van der Waals surface area contributed by atoms with Crippen molar-refractivity contribution in [1.29, 1.82) is 0 Å². The number of nitrogens with zero attached hydrogens (tertiary/aromatic N) is 4. The summed E-state index contributed by atoms with van der Waals surface area (Å²) in [5.41, 5.74) is 3.73. The minimum absolute atomic E-state index is 0.167. The van der Waals surface area contributed by atoms with E-state index < -0.39 is 0 Å². The van der Waals surface area contributed by atoms with Crippen molar-refractivity contribution in [2.45, 2.75) is 13.3 Å². The molecule has 4 aromatic rings. The lowest BCUT2D eigenvalue weighted by Crippen LogP contribution is -2.14. The Hall–Kier alpha value is -2.97. The third kappa shape index (κ3) is 4.24. The molecule has 0 unspecified atom stereocenters. The maximum absolute atomic E-state index is 12.3.